The van der Waals surface area contributed by atoms with Crippen LogP contribution >= 0.6 is 0 Å². The van der Waals surface area contributed by atoms with Crippen LogP contribution < -0.4 is 10.5 Å². The van der Waals surface area contributed by atoms with Crippen molar-refractivity contribution in [1.82, 2.24) is 4.90 Å². The molecule has 1 fully saturated rings. The summed E-state index contributed by atoms with van der Waals surface area (Å²) < 4.78 is 5.29. The predicted octanol–water partition coefficient (Wildman–Crippen LogP) is 1.77. The lowest BCUT2D eigenvalue weighted by Crippen LogP contribution is -2.47. The second kappa shape index (κ2) is 6.19. The summed E-state index contributed by atoms with van der Waals surface area (Å²) in [7, 11) is 1.58. The Morgan fingerprint density at radius 3 is 2.90 bits per heavy atom. The average Bonchev–Trinajstić information content (AvgIpc) is 2.42. The first-order valence-corrected chi connectivity index (χ1v) is 6.80. The van der Waals surface area contributed by atoms with E-state index in [1.807, 2.05) is 0 Å². The Morgan fingerprint density at radius 2 is 2.30 bits per heavy atom. The third-order valence-electron chi connectivity index (χ3n) is 3.97. The molecule has 110 valence electrons. The van der Waals surface area contributed by atoms with E-state index in [2.05, 4.69) is 11.8 Å². The Hall–Kier alpha value is -1.66. The molecule has 2 unspecified atom stereocenters. The molecule has 20 heavy (non-hydrogen) atoms. The summed E-state index contributed by atoms with van der Waals surface area (Å²) in [4.78, 5) is 12.7. The molecule has 0 spiro atoms. The summed E-state index contributed by atoms with van der Waals surface area (Å²) in [6.45, 7) is 4.56. The van der Waals surface area contributed by atoms with Gasteiger partial charge in [0.25, 0.3) is 5.69 Å². The van der Waals surface area contributed by atoms with Crippen LogP contribution in [-0.2, 0) is 6.54 Å². The Balaban J connectivity index is 2.15. The zero-order valence-electron chi connectivity index (χ0n) is 11.9. The number of nitrogens with zero attached hydrogens (tertiary/aromatic N) is 2. The van der Waals surface area contributed by atoms with Gasteiger partial charge in [0.05, 0.1) is 12.0 Å². The largest absolute Gasteiger partial charge is 0.496 e. The first-order chi connectivity index (χ1) is 9.51. The van der Waals surface area contributed by atoms with Crippen LogP contribution in [0.2, 0.25) is 0 Å². The molecular weight excluding hydrogens is 258 g/mol. The van der Waals surface area contributed by atoms with E-state index in [-0.39, 0.29) is 16.7 Å². The average molecular weight is 279 g/mol. The number of hydrogen-bond acceptors (Lipinski definition) is 5. The maximum Gasteiger partial charge on any atom is 0.270 e. The number of nitrogens with two attached hydrogens (primary N) is 1. The molecule has 0 aliphatic carbocycles. The topological polar surface area (TPSA) is 81.6 Å². The number of nitro groups is 1. The molecule has 1 saturated heterocycles. The van der Waals surface area contributed by atoms with Crippen molar-refractivity contribution in [3.63, 3.8) is 0 Å². The van der Waals surface area contributed by atoms with Crippen LogP contribution in [0.25, 0.3) is 0 Å². The molecule has 2 rings (SSSR count). The maximum absolute atomic E-state index is 10.9. The standard InChI is InChI=1S/C14H21N3O3/c1-10-5-6-16(9-13(10)15)8-11-7-12(17(18)19)3-4-14(11)20-2/h3-4,7,10,13H,5-6,8-9,15H2,1-2H3. The molecule has 0 amide bonds. The lowest BCUT2D eigenvalue weighted by Gasteiger charge is -2.35. The minimum atomic E-state index is -0.382. The van der Waals surface area contributed by atoms with Crippen LogP contribution in [0, 0.1) is 16.0 Å². The van der Waals surface area contributed by atoms with E-state index in [0.717, 1.165) is 25.1 Å². The van der Waals surface area contributed by atoms with Crippen molar-refractivity contribution >= 4 is 5.69 Å². The van der Waals surface area contributed by atoms with Gasteiger partial charge in [-0.15, -0.1) is 0 Å². The van der Waals surface area contributed by atoms with Gasteiger partial charge in [0.15, 0.2) is 0 Å². The van der Waals surface area contributed by atoms with Crippen molar-refractivity contribution in [3.05, 3.63) is 33.9 Å². The normalized spacial score (nSPS) is 23.6. The lowest BCUT2D eigenvalue weighted by molar-refractivity contribution is -0.385. The van der Waals surface area contributed by atoms with E-state index < -0.39 is 0 Å². The van der Waals surface area contributed by atoms with Crippen LogP contribution in [-0.4, -0.2) is 36.1 Å². The number of benzene rings is 1. The molecule has 0 aromatic heterocycles. The second-order valence-electron chi connectivity index (χ2n) is 5.42. The zero-order valence-corrected chi connectivity index (χ0v) is 11.9. The first-order valence-electron chi connectivity index (χ1n) is 6.80. The summed E-state index contributed by atoms with van der Waals surface area (Å²) in [6.07, 6.45) is 1.05. The van der Waals surface area contributed by atoms with Gasteiger partial charge in [-0.05, 0) is 24.9 Å². The van der Waals surface area contributed by atoms with Gasteiger partial charge in [-0.25, -0.2) is 0 Å². The molecule has 0 radical (unpaired) electrons. The van der Waals surface area contributed by atoms with Crippen LogP contribution in [0.5, 0.6) is 5.75 Å². The SMILES string of the molecule is COc1ccc([N+](=O)[O-])cc1CN1CCC(C)C(N)C1. The fourth-order valence-electron chi connectivity index (χ4n) is 2.56. The Labute approximate surface area is 118 Å². The highest BCUT2D eigenvalue weighted by molar-refractivity contribution is 5.43. The number of ether oxygens (including phenoxy) is 1. The van der Waals surface area contributed by atoms with E-state index >= 15 is 0 Å². The fourth-order valence-corrected chi connectivity index (χ4v) is 2.56. The molecule has 1 aliphatic heterocycles. The molecule has 6 nitrogen and oxygen atoms in total. The highest BCUT2D eigenvalue weighted by Crippen LogP contribution is 2.26. The smallest absolute Gasteiger partial charge is 0.270 e. The van der Waals surface area contributed by atoms with E-state index in [1.165, 1.54) is 6.07 Å². The van der Waals surface area contributed by atoms with Gasteiger partial charge < -0.3 is 10.5 Å². The number of non-ortho nitro benzene ring substituents is 1. The van der Waals surface area contributed by atoms with Gasteiger partial charge in [-0.3, -0.25) is 15.0 Å². The van der Waals surface area contributed by atoms with Gasteiger partial charge in [0, 0.05) is 36.8 Å². The molecule has 1 heterocycles. The van der Waals surface area contributed by atoms with Crippen molar-refractivity contribution in [2.75, 3.05) is 20.2 Å². The zero-order chi connectivity index (χ0) is 14.7. The highest BCUT2D eigenvalue weighted by atomic mass is 16.6. The van der Waals surface area contributed by atoms with E-state index in [0.29, 0.717) is 18.2 Å². The predicted molar refractivity (Wildman–Crippen MR) is 76.7 cm³/mol. The van der Waals surface area contributed by atoms with E-state index in [4.69, 9.17) is 10.5 Å². The Kier molecular flexibility index (Phi) is 4.57. The summed E-state index contributed by atoms with van der Waals surface area (Å²) in [5.41, 5.74) is 7.02. The Morgan fingerprint density at radius 1 is 1.55 bits per heavy atom. The van der Waals surface area contributed by atoms with Gasteiger partial charge >= 0.3 is 0 Å². The Bertz CT molecular complexity index is 493. The minimum absolute atomic E-state index is 0.0930. The van der Waals surface area contributed by atoms with Gasteiger partial charge in [-0.2, -0.15) is 0 Å². The lowest BCUT2D eigenvalue weighted by atomic mass is 9.94. The highest BCUT2D eigenvalue weighted by Gasteiger charge is 2.24. The number of rotatable bonds is 4. The van der Waals surface area contributed by atoms with Crippen molar-refractivity contribution < 1.29 is 9.66 Å². The number of nitro benzene ring substituents is 1. The van der Waals surface area contributed by atoms with E-state index in [9.17, 15) is 10.1 Å². The summed E-state index contributed by atoms with van der Waals surface area (Å²) >= 11 is 0. The second-order valence-corrected chi connectivity index (χ2v) is 5.42. The van der Waals surface area contributed by atoms with Crippen LogP contribution in [0.3, 0.4) is 0 Å². The monoisotopic (exact) mass is 279 g/mol. The summed E-state index contributed by atoms with van der Waals surface area (Å²) in [6, 6.07) is 4.86. The molecule has 1 aliphatic rings. The van der Waals surface area contributed by atoms with Crippen molar-refractivity contribution in [2.45, 2.75) is 25.9 Å². The number of likely N-dealkylation sites (tertiary alicyclic amines) is 1. The van der Waals surface area contributed by atoms with Crippen LogP contribution in [0.4, 0.5) is 5.69 Å². The first kappa shape index (κ1) is 14.7. The van der Waals surface area contributed by atoms with Crippen molar-refractivity contribution in [1.29, 1.82) is 0 Å². The number of piperidine rings is 1. The third-order valence-corrected chi connectivity index (χ3v) is 3.97. The van der Waals surface area contributed by atoms with E-state index in [1.54, 1.807) is 19.2 Å². The molecule has 6 heteroatoms. The third kappa shape index (κ3) is 3.26. The molecule has 0 saturated carbocycles. The molecule has 2 N–H and O–H groups in total. The molecular formula is C14H21N3O3. The molecule has 1 aromatic carbocycles. The van der Waals surface area contributed by atoms with Gasteiger partial charge in [-0.1, -0.05) is 6.92 Å². The van der Waals surface area contributed by atoms with Crippen LogP contribution in [0.15, 0.2) is 18.2 Å². The summed E-state index contributed by atoms with van der Waals surface area (Å²) in [5, 5.41) is 10.9. The molecule has 2 atom stereocenters. The quantitative estimate of drug-likeness (QED) is 0.671. The number of hydrogen-bond donors (Lipinski definition) is 1. The molecule has 1 aromatic rings. The summed E-state index contributed by atoms with van der Waals surface area (Å²) in [5.74, 6) is 1.21. The van der Waals surface area contributed by atoms with Gasteiger partial charge in [0.1, 0.15) is 5.75 Å². The minimum Gasteiger partial charge on any atom is -0.496 e. The van der Waals surface area contributed by atoms with Crippen molar-refractivity contribution in [2.24, 2.45) is 11.7 Å². The van der Waals surface area contributed by atoms with Crippen molar-refractivity contribution in [3.8, 4) is 5.75 Å². The van der Waals surface area contributed by atoms with Gasteiger partial charge in [0.2, 0.25) is 0 Å². The maximum atomic E-state index is 10.9. The fraction of sp³-hybridized carbons (Fsp3) is 0.571. The van der Waals surface area contributed by atoms with Crippen LogP contribution in [0.1, 0.15) is 18.9 Å². The molecule has 0 bridgehead atoms. The number of methoxy groups -OCH3 is 1.